The van der Waals surface area contributed by atoms with Crippen molar-refractivity contribution in [1.29, 1.82) is 0 Å². The van der Waals surface area contributed by atoms with Crippen molar-refractivity contribution < 1.29 is 0 Å². The molecule has 0 spiro atoms. The second-order valence-corrected chi connectivity index (χ2v) is 9.88. The smallest absolute Gasteiger partial charge is 0.133 e. The SMILES string of the molecule is C[C@H]1CCC[N+]1(c1ccc2c(c1)CCN(CC1CCCC1)C2)[C@H]1CCNC1. The molecule has 0 radical (unpaired) electrons. The Balaban J connectivity index is 1.37. The van der Waals surface area contributed by atoms with Crippen LogP contribution in [0.4, 0.5) is 5.69 Å². The summed E-state index contributed by atoms with van der Waals surface area (Å²) in [6.45, 7) is 10.1. The van der Waals surface area contributed by atoms with Crippen LogP contribution in [0, 0.1) is 5.92 Å². The molecule has 3 heteroatoms. The Morgan fingerprint density at radius 2 is 1.96 bits per heavy atom. The first-order valence-electron chi connectivity index (χ1n) is 11.7. The van der Waals surface area contributed by atoms with E-state index in [1.165, 1.54) is 95.1 Å². The summed E-state index contributed by atoms with van der Waals surface area (Å²) in [4.78, 5) is 2.74. The van der Waals surface area contributed by atoms with Crippen LogP contribution in [0.2, 0.25) is 0 Å². The van der Waals surface area contributed by atoms with E-state index < -0.39 is 0 Å². The fraction of sp³-hybridized carbons (Fsp3) is 0.750. The lowest BCUT2D eigenvalue weighted by Crippen LogP contribution is -2.59. The summed E-state index contributed by atoms with van der Waals surface area (Å²) in [5.74, 6) is 0.972. The van der Waals surface area contributed by atoms with Gasteiger partial charge in [0, 0.05) is 58.1 Å². The topological polar surface area (TPSA) is 15.3 Å². The van der Waals surface area contributed by atoms with Gasteiger partial charge in [-0.15, -0.1) is 0 Å². The quantitative estimate of drug-likeness (QED) is 0.806. The molecule has 5 rings (SSSR count). The zero-order valence-electron chi connectivity index (χ0n) is 17.3. The summed E-state index contributed by atoms with van der Waals surface area (Å²) in [6, 6.07) is 9.19. The van der Waals surface area contributed by atoms with Gasteiger partial charge in [-0.2, -0.15) is 0 Å². The molecule has 4 aliphatic rings. The van der Waals surface area contributed by atoms with Crippen molar-refractivity contribution in [3.8, 4) is 0 Å². The highest BCUT2D eigenvalue weighted by Crippen LogP contribution is 2.40. The molecule has 1 N–H and O–H groups in total. The zero-order valence-corrected chi connectivity index (χ0v) is 17.3. The van der Waals surface area contributed by atoms with Crippen LogP contribution in [0.1, 0.15) is 63.0 Å². The normalized spacial score (nSPS) is 35.0. The van der Waals surface area contributed by atoms with Crippen molar-refractivity contribution >= 4 is 5.69 Å². The summed E-state index contributed by atoms with van der Waals surface area (Å²) >= 11 is 0. The third-order valence-electron chi connectivity index (χ3n) is 8.38. The Hall–Kier alpha value is -0.900. The fourth-order valence-corrected chi connectivity index (χ4v) is 6.84. The third kappa shape index (κ3) is 3.26. The summed E-state index contributed by atoms with van der Waals surface area (Å²) in [5.41, 5.74) is 4.88. The molecule has 1 saturated carbocycles. The fourth-order valence-electron chi connectivity index (χ4n) is 6.84. The highest BCUT2D eigenvalue weighted by molar-refractivity contribution is 5.51. The van der Waals surface area contributed by atoms with E-state index in [1.54, 1.807) is 16.8 Å². The molecule has 3 nitrogen and oxygen atoms in total. The minimum atomic E-state index is 0.774. The van der Waals surface area contributed by atoms with Crippen molar-refractivity contribution in [2.45, 2.75) is 76.9 Å². The van der Waals surface area contributed by atoms with Crippen molar-refractivity contribution in [2.75, 3.05) is 32.7 Å². The lowest BCUT2D eigenvalue weighted by atomic mass is 9.95. The second kappa shape index (κ2) is 7.50. The first kappa shape index (κ1) is 18.1. The van der Waals surface area contributed by atoms with Gasteiger partial charge in [-0.05, 0) is 49.3 Å². The van der Waals surface area contributed by atoms with Crippen LogP contribution in [-0.4, -0.2) is 49.7 Å². The average Bonchev–Trinajstić information content (AvgIpc) is 3.43. The van der Waals surface area contributed by atoms with Crippen molar-refractivity contribution in [2.24, 2.45) is 5.92 Å². The molecule has 3 atom stereocenters. The third-order valence-corrected chi connectivity index (χ3v) is 8.38. The number of nitrogens with zero attached hydrogens (tertiary/aromatic N) is 2. The summed E-state index contributed by atoms with van der Waals surface area (Å²) < 4.78 is 1.26. The molecular formula is C24H38N3+. The first-order chi connectivity index (χ1) is 13.3. The van der Waals surface area contributed by atoms with Crippen LogP contribution in [0.5, 0.6) is 0 Å². The lowest BCUT2D eigenvalue weighted by molar-refractivity contribution is 0.201. The molecule has 27 heavy (non-hydrogen) atoms. The Bertz CT molecular complexity index is 660. The van der Waals surface area contributed by atoms with Gasteiger partial charge in [0.05, 0.1) is 12.6 Å². The number of nitrogens with one attached hydrogen (secondary N) is 1. The van der Waals surface area contributed by atoms with Crippen molar-refractivity contribution in [3.05, 3.63) is 29.3 Å². The van der Waals surface area contributed by atoms with Gasteiger partial charge in [-0.25, -0.2) is 0 Å². The molecule has 0 bridgehead atoms. The predicted octanol–water partition coefficient (Wildman–Crippen LogP) is 4.09. The van der Waals surface area contributed by atoms with Crippen LogP contribution in [0.3, 0.4) is 0 Å². The van der Waals surface area contributed by atoms with Crippen LogP contribution < -0.4 is 9.80 Å². The molecule has 1 aliphatic carbocycles. The number of likely N-dealkylation sites (tertiary alicyclic amines) is 1. The van der Waals surface area contributed by atoms with E-state index in [0.29, 0.717) is 0 Å². The van der Waals surface area contributed by atoms with Crippen LogP contribution in [0.25, 0.3) is 0 Å². The molecule has 1 aromatic rings. The van der Waals surface area contributed by atoms with E-state index >= 15 is 0 Å². The Morgan fingerprint density at radius 1 is 1.07 bits per heavy atom. The van der Waals surface area contributed by atoms with E-state index in [0.717, 1.165) is 18.0 Å². The van der Waals surface area contributed by atoms with E-state index in [4.69, 9.17) is 0 Å². The molecule has 1 unspecified atom stereocenters. The standard InChI is InChI=1S/C24H38N3/c1-19-5-4-14-27(19,24-10-12-25-16-24)23-9-8-22-18-26(13-11-21(22)15-23)17-20-6-2-3-7-20/h8-9,15,19-20,24-25H,2-7,10-14,16-18H2,1H3/q+1/t19-,24-,27?/m0/s1. The predicted molar refractivity (Wildman–Crippen MR) is 114 cm³/mol. The molecule has 2 saturated heterocycles. The number of benzene rings is 1. The molecule has 148 valence electrons. The average molecular weight is 369 g/mol. The van der Waals surface area contributed by atoms with E-state index in [1.807, 2.05) is 0 Å². The molecule has 1 aromatic carbocycles. The highest BCUT2D eigenvalue weighted by atomic mass is 15.4. The second-order valence-electron chi connectivity index (χ2n) is 9.88. The van der Waals surface area contributed by atoms with Gasteiger partial charge >= 0.3 is 0 Å². The minimum absolute atomic E-state index is 0.774. The number of fused-ring (bicyclic) bond motifs is 1. The van der Waals surface area contributed by atoms with Crippen LogP contribution in [0.15, 0.2) is 18.2 Å². The van der Waals surface area contributed by atoms with Gasteiger partial charge in [-0.3, -0.25) is 9.38 Å². The molecule has 0 amide bonds. The maximum Gasteiger partial charge on any atom is 0.133 e. The number of rotatable bonds is 4. The maximum absolute atomic E-state index is 3.64. The summed E-state index contributed by atoms with van der Waals surface area (Å²) in [5, 5.41) is 3.64. The van der Waals surface area contributed by atoms with Gasteiger partial charge in [0.2, 0.25) is 0 Å². The van der Waals surface area contributed by atoms with Gasteiger partial charge in [0.1, 0.15) is 11.7 Å². The number of quaternary nitrogens is 1. The van der Waals surface area contributed by atoms with E-state index in [2.05, 4.69) is 35.3 Å². The molecular weight excluding hydrogens is 330 g/mol. The van der Waals surface area contributed by atoms with E-state index in [9.17, 15) is 0 Å². The molecule has 3 fully saturated rings. The van der Waals surface area contributed by atoms with Gasteiger partial charge in [-0.1, -0.05) is 18.9 Å². The summed E-state index contributed by atoms with van der Waals surface area (Å²) in [6.07, 6.45) is 11.3. The van der Waals surface area contributed by atoms with Crippen LogP contribution >= 0.6 is 0 Å². The van der Waals surface area contributed by atoms with Crippen molar-refractivity contribution in [1.82, 2.24) is 14.7 Å². The molecule has 3 aliphatic heterocycles. The molecule has 0 aromatic heterocycles. The minimum Gasteiger partial charge on any atom is -0.311 e. The van der Waals surface area contributed by atoms with Gasteiger partial charge in [0.25, 0.3) is 0 Å². The van der Waals surface area contributed by atoms with Gasteiger partial charge in [0.15, 0.2) is 0 Å². The van der Waals surface area contributed by atoms with E-state index in [-0.39, 0.29) is 0 Å². The van der Waals surface area contributed by atoms with Crippen LogP contribution in [-0.2, 0) is 13.0 Å². The monoisotopic (exact) mass is 368 g/mol. The van der Waals surface area contributed by atoms with Crippen molar-refractivity contribution in [3.63, 3.8) is 0 Å². The largest absolute Gasteiger partial charge is 0.311 e. The zero-order chi connectivity index (χ0) is 18.3. The van der Waals surface area contributed by atoms with Gasteiger partial charge < -0.3 is 5.32 Å². The highest BCUT2D eigenvalue weighted by Gasteiger charge is 2.48. The lowest BCUT2D eigenvalue weighted by Gasteiger charge is -2.44. The first-order valence-corrected chi connectivity index (χ1v) is 11.7. The Labute approximate surface area is 165 Å². The molecule has 3 heterocycles. The number of hydrogen-bond acceptors (Lipinski definition) is 2. The Morgan fingerprint density at radius 3 is 2.70 bits per heavy atom. The maximum atomic E-state index is 3.64. The Kier molecular flexibility index (Phi) is 5.04. The number of hydrogen-bond donors (Lipinski definition) is 1. The summed E-state index contributed by atoms with van der Waals surface area (Å²) in [7, 11) is 0.